The predicted molar refractivity (Wildman–Crippen MR) is 96.7 cm³/mol. The number of hydrogen-bond acceptors (Lipinski definition) is 5. The van der Waals surface area contributed by atoms with E-state index in [2.05, 4.69) is 16.4 Å². The molecule has 0 fully saturated rings. The highest BCUT2D eigenvalue weighted by Crippen LogP contribution is 2.22. The van der Waals surface area contributed by atoms with E-state index in [1.165, 1.54) is 9.58 Å². The second-order valence-corrected chi connectivity index (χ2v) is 7.61. The number of rotatable bonds is 6. The van der Waals surface area contributed by atoms with Crippen molar-refractivity contribution in [1.29, 1.82) is 0 Å². The Bertz CT molecular complexity index is 749. The highest BCUT2D eigenvalue weighted by Gasteiger charge is 2.19. The first-order valence-corrected chi connectivity index (χ1v) is 9.18. The number of likely N-dealkylation sites (N-methyl/N-ethyl adjacent to an activating group) is 1. The quantitative estimate of drug-likeness (QED) is 0.744. The van der Waals surface area contributed by atoms with Crippen molar-refractivity contribution in [1.82, 2.24) is 15.2 Å². The Morgan fingerprint density at radius 3 is 2.87 bits per heavy atom. The summed E-state index contributed by atoms with van der Waals surface area (Å²) in [7, 11) is 1.96. The van der Waals surface area contributed by atoms with Gasteiger partial charge in [-0.05, 0) is 37.6 Å². The molecule has 0 aliphatic carbocycles. The zero-order valence-electron chi connectivity index (χ0n) is 13.2. The molecule has 1 atom stereocenters. The number of fused-ring (bicyclic) bond motifs is 1. The van der Waals surface area contributed by atoms with Crippen LogP contribution in [-0.4, -0.2) is 28.9 Å². The van der Waals surface area contributed by atoms with E-state index in [9.17, 15) is 4.79 Å². The average Bonchev–Trinajstić information content (AvgIpc) is 3.20. The summed E-state index contributed by atoms with van der Waals surface area (Å²) in [6, 6.07) is 11.9. The van der Waals surface area contributed by atoms with Gasteiger partial charge in [-0.25, -0.2) is 4.98 Å². The van der Waals surface area contributed by atoms with Crippen LogP contribution in [0.4, 0.5) is 0 Å². The monoisotopic (exact) mass is 345 g/mol. The molecule has 3 aromatic rings. The highest BCUT2D eigenvalue weighted by molar-refractivity contribution is 7.18. The third-order valence-electron chi connectivity index (χ3n) is 3.78. The zero-order chi connectivity index (χ0) is 16.2. The van der Waals surface area contributed by atoms with Gasteiger partial charge in [0.25, 0.3) is 0 Å². The zero-order valence-corrected chi connectivity index (χ0v) is 14.8. The van der Waals surface area contributed by atoms with Crippen molar-refractivity contribution >= 4 is 38.8 Å². The van der Waals surface area contributed by atoms with Gasteiger partial charge in [-0.15, -0.1) is 22.7 Å². The molecule has 6 heteroatoms. The molecule has 3 rings (SSSR count). The minimum Gasteiger partial charge on any atom is -0.350 e. The molecule has 23 heavy (non-hydrogen) atoms. The van der Waals surface area contributed by atoms with E-state index in [1.54, 1.807) is 22.7 Å². The molecule has 120 valence electrons. The third-order valence-corrected chi connectivity index (χ3v) is 5.68. The van der Waals surface area contributed by atoms with Crippen molar-refractivity contribution in [2.24, 2.45) is 0 Å². The number of carbonyl (C=O) groups excluding carboxylic acids is 1. The van der Waals surface area contributed by atoms with Crippen LogP contribution < -0.4 is 5.32 Å². The van der Waals surface area contributed by atoms with E-state index in [1.807, 2.05) is 54.6 Å². The number of nitrogens with zero attached hydrogens (tertiary/aromatic N) is 2. The lowest BCUT2D eigenvalue weighted by molar-refractivity contribution is -0.125. The molecule has 0 aliphatic heterocycles. The van der Waals surface area contributed by atoms with Crippen LogP contribution in [0.2, 0.25) is 0 Å². The molecule has 0 aliphatic rings. The van der Waals surface area contributed by atoms with Gasteiger partial charge in [0, 0.05) is 4.88 Å². The second-order valence-electron chi connectivity index (χ2n) is 5.46. The summed E-state index contributed by atoms with van der Waals surface area (Å²) in [5.74, 6) is 0.0435. The van der Waals surface area contributed by atoms with Crippen LogP contribution in [0.3, 0.4) is 0 Å². The van der Waals surface area contributed by atoms with Gasteiger partial charge >= 0.3 is 0 Å². The molecule has 0 bridgehead atoms. The molecule has 1 amide bonds. The number of carbonyl (C=O) groups is 1. The molecule has 2 heterocycles. The number of thiazole rings is 1. The normalized spacial score (nSPS) is 12.7. The second kappa shape index (κ2) is 7.21. The molecule has 0 saturated heterocycles. The van der Waals surface area contributed by atoms with Crippen molar-refractivity contribution in [3.05, 3.63) is 51.7 Å². The number of aromatic nitrogens is 1. The molecule has 2 aromatic heterocycles. The van der Waals surface area contributed by atoms with Crippen LogP contribution in [0.1, 0.15) is 16.8 Å². The van der Waals surface area contributed by atoms with E-state index < -0.39 is 0 Å². The number of nitrogens with one attached hydrogen (secondary N) is 1. The Labute approximate surface area is 143 Å². The first-order chi connectivity index (χ1) is 11.1. The van der Waals surface area contributed by atoms with E-state index in [4.69, 9.17) is 0 Å². The first-order valence-electron chi connectivity index (χ1n) is 7.48. The molecule has 4 nitrogen and oxygen atoms in total. The average molecular weight is 345 g/mol. The van der Waals surface area contributed by atoms with Crippen molar-refractivity contribution in [3.8, 4) is 0 Å². The van der Waals surface area contributed by atoms with Gasteiger partial charge in [-0.1, -0.05) is 18.2 Å². The smallest absolute Gasteiger partial charge is 0.237 e. The van der Waals surface area contributed by atoms with Crippen LogP contribution in [0.5, 0.6) is 0 Å². The number of thiophene rings is 1. The lowest BCUT2D eigenvalue weighted by atomic mass is 10.2. The summed E-state index contributed by atoms with van der Waals surface area (Å²) < 4.78 is 1.19. The summed E-state index contributed by atoms with van der Waals surface area (Å²) in [4.78, 5) is 20.1. The standard InChI is InChI=1S/C17H19N3OS2/c1-12(17(21)18-10-13-6-5-9-22-13)20(2)11-16-19-14-7-3-4-8-15(14)23-16/h3-9,12H,10-11H2,1-2H3,(H,18,21)/t12-/m0/s1. The predicted octanol–water partition coefficient (Wildman–Crippen LogP) is 3.49. The van der Waals surface area contributed by atoms with Gasteiger partial charge in [-0.3, -0.25) is 9.69 Å². The van der Waals surface area contributed by atoms with Gasteiger partial charge in [0.15, 0.2) is 0 Å². The largest absolute Gasteiger partial charge is 0.350 e. The molecule has 0 spiro atoms. The Hall–Kier alpha value is -1.76. The van der Waals surface area contributed by atoms with Gasteiger partial charge in [0.1, 0.15) is 5.01 Å². The minimum atomic E-state index is -0.193. The van der Waals surface area contributed by atoms with Crippen molar-refractivity contribution in [2.45, 2.75) is 26.1 Å². The molecular weight excluding hydrogens is 326 g/mol. The van der Waals surface area contributed by atoms with Gasteiger partial charge in [0.05, 0.1) is 29.3 Å². The van der Waals surface area contributed by atoms with Crippen LogP contribution in [0, 0.1) is 0 Å². The lowest BCUT2D eigenvalue weighted by Gasteiger charge is -2.22. The third kappa shape index (κ3) is 3.96. The molecule has 1 N–H and O–H groups in total. The Balaban J connectivity index is 1.57. The maximum Gasteiger partial charge on any atom is 0.237 e. The summed E-state index contributed by atoms with van der Waals surface area (Å²) in [5, 5.41) is 6.04. The van der Waals surface area contributed by atoms with E-state index in [0.29, 0.717) is 13.1 Å². The topological polar surface area (TPSA) is 45.2 Å². The fourth-order valence-corrected chi connectivity index (χ4v) is 3.95. The SMILES string of the molecule is C[C@@H](C(=O)NCc1cccs1)N(C)Cc1nc2ccccc2s1. The molecule has 0 radical (unpaired) electrons. The maximum absolute atomic E-state index is 12.3. The molecular formula is C17H19N3OS2. The van der Waals surface area contributed by atoms with E-state index >= 15 is 0 Å². The van der Waals surface area contributed by atoms with Gasteiger partial charge in [0.2, 0.25) is 5.91 Å². The number of hydrogen-bond donors (Lipinski definition) is 1. The van der Waals surface area contributed by atoms with E-state index in [0.717, 1.165) is 10.5 Å². The Morgan fingerprint density at radius 1 is 1.30 bits per heavy atom. The summed E-state index contributed by atoms with van der Waals surface area (Å²) in [5.41, 5.74) is 1.02. The molecule has 0 unspecified atom stereocenters. The van der Waals surface area contributed by atoms with Gasteiger partial charge < -0.3 is 5.32 Å². The highest BCUT2D eigenvalue weighted by atomic mass is 32.1. The number of para-hydroxylation sites is 1. The van der Waals surface area contributed by atoms with Crippen molar-refractivity contribution in [3.63, 3.8) is 0 Å². The molecule has 1 aromatic carbocycles. The summed E-state index contributed by atoms with van der Waals surface area (Å²) in [6.07, 6.45) is 0. The first kappa shape index (κ1) is 16.1. The Kier molecular flexibility index (Phi) is 5.05. The number of benzene rings is 1. The fraction of sp³-hybridized carbons (Fsp3) is 0.294. The van der Waals surface area contributed by atoms with Crippen LogP contribution in [0.15, 0.2) is 41.8 Å². The van der Waals surface area contributed by atoms with Crippen molar-refractivity contribution < 1.29 is 4.79 Å². The number of amides is 1. The van der Waals surface area contributed by atoms with Crippen LogP contribution in [-0.2, 0) is 17.9 Å². The van der Waals surface area contributed by atoms with Gasteiger partial charge in [-0.2, -0.15) is 0 Å². The van der Waals surface area contributed by atoms with E-state index in [-0.39, 0.29) is 11.9 Å². The van der Waals surface area contributed by atoms with Crippen LogP contribution in [0.25, 0.3) is 10.2 Å². The fourth-order valence-electron chi connectivity index (χ4n) is 2.27. The lowest BCUT2D eigenvalue weighted by Crippen LogP contribution is -2.42. The Morgan fingerprint density at radius 2 is 2.13 bits per heavy atom. The van der Waals surface area contributed by atoms with Crippen molar-refractivity contribution in [2.75, 3.05) is 7.05 Å². The molecule has 0 saturated carbocycles. The minimum absolute atomic E-state index is 0.0435. The summed E-state index contributed by atoms with van der Waals surface area (Å²) >= 11 is 3.34. The summed E-state index contributed by atoms with van der Waals surface area (Å²) in [6.45, 7) is 3.19. The van der Waals surface area contributed by atoms with Crippen LogP contribution >= 0.6 is 22.7 Å². The maximum atomic E-state index is 12.3.